The van der Waals surface area contributed by atoms with Crippen molar-refractivity contribution in [1.29, 1.82) is 0 Å². The number of hydrogen-bond acceptors (Lipinski definition) is 9. The van der Waals surface area contributed by atoms with Gasteiger partial charge >= 0.3 is 11.9 Å². The van der Waals surface area contributed by atoms with E-state index in [0.29, 0.717) is 85.0 Å². The van der Waals surface area contributed by atoms with Gasteiger partial charge in [-0.2, -0.15) is 0 Å². The summed E-state index contributed by atoms with van der Waals surface area (Å²) >= 11 is 12.6. The normalized spacial score (nSPS) is 11.0. The van der Waals surface area contributed by atoms with E-state index in [9.17, 15) is 14.4 Å². The number of halogens is 2. The molecular formula is C40H39Cl2N3O7. The highest BCUT2D eigenvalue weighted by Crippen LogP contribution is 2.38. The Kier molecular flexibility index (Phi) is 13.7. The summed E-state index contributed by atoms with van der Waals surface area (Å²) in [6.45, 7) is 2.65. The zero-order valence-electron chi connectivity index (χ0n) is 28.9. The first kappa shape index (κ1) is 38.4. The van der Waals surface area contributed by atoms with Crippen molar-refractivity contribution in [2.75, 3.05) is 47.2 Å². The SMILES string of the molecule is COC(=O)c1cc(C(=O)OC)cc(-c2nc(-c3ccc(Cl)cc3)c(-c3ccc(Cl)cc3)n2Cc2ccc(C(=O)CCCOCCOCCN)cc2)c1. The first-order valence-corrected chi connectivity index (χ1v) is 17.4. The van der Waals surface area contributed by atoms with E-state index in [-0.39, 0.29) is 16.9 Å². The maximum Gasteiger partial charge on any atom is 0.337 e. The summed E-state index contributed by atoms with van der Waals surface area (Å²) < 4.78 is 22.9. The molecule has 12 heteroatoms. The van der Waals surface area contributed by atoms with Crippen LogP contribution in [-0.2, 0) is 25.5 Å². The van der Waals surface area contributed by atoms with Gasteiger partial charge < -0.3 is 29.2 Å². The molecule has 1 aromatic heterocycles. The molecule has 0 amide bonds. The van der Waals surface area contributed by atoms with Crippen molar-refractivity contribution < 1.29 is 33.3 Å². The number of hydrogen-bond donors (Lipinski definition) is 1. The van der Waals surface area contributed by atoms with E-state index in [1.807, 2.05) is 53.1 Å². The molecule has 5 rings (SSSR count). The molecule has 0 saturated heterocycles. The minimum atomic E-state index is -0.621. The maximum atomic E-state index is 13.0. The highest BCUT2D eigenvalue weighted by molar-refractivity contribution is 6.31. The van der Waals surface area contributed by atoms with Crippen LogP contribution in [0.4, 0.5) is 0 Å². The summed E-state index contributed by atoms with van der Waals surface area (Å²) in [4.78, 5) is 43.7. The molecular weight excluding hydrogens is 705 g/mol. The van der Waals surface area contributed by atoms with Crippen LogP contribution >= 0.6 is 23.2 Å². The summed E-state index contributed by atoms with van der Waals surface area (Å²) in [7, 11) is 2.55. The van der Waals surface area contributed by atoms with E-state index in [0.717, 1.165) is 22.4 Å². The third-order valence-corrected chi connectivity index (χ3v) is 8.68. The molecule has 1 heterocycles. The second-order valence-electron chi connectivity index (χ2n) is 11.8. The zero-order chi connectivity index (χ0) is 37.0. The van der Waals surface area contributed by atoms with E-state index >= 15 is 0 Å². The minimum absolute atomic E-state index is 0.0136. The van der Waals surface area contributed by atoms with Crippen LogP contribution in [0.2, 0.25) is 10.0 Å². The number of carbonyl (C=O) groups excluding carboxylic acids is 3. The number of benzene rings is 4. The first-order valence-electron chi connectivity index (χ1n) is 16.6. The van der Waals surface area contributed by atoms with Crippen molar-refractivity contribution in [2.45, 2.75) is 19.4 Å². The molecule has 2 N–H and O–H groups in total. The Hall–Kier alpha value is -4.84. The number of Topliss-reactive ketones (excluding diaryl/α,β-unsaturated/α-hetero) is 1. The van der Waals surface area contributed by atoms with Crippen molar-refractivity contribution >= 4 is 40.9 Å². The van der Waals surface area contributed by atoms with Gasteiger partial charge in [0, 0.05) is 58.4 Å². The van der Waals surface area contributed by atoms with Crippen molar-refractivity contribution in [1.82, 2.24) is 9.55 Å². The van der Waals surface area contributed by atoms with Gasteiger partial charge in [-0.1, -0.05) is 71.7 Å². The molecule has 4 aromatic carbocycles. The standard InChI is InChI=1S/C40H39Cl2N3O7/c1-49-39(47)31-22-30(23-32(24-31)40(48)50-2)38-44-36(28-9-13-33(41)14-10-28)37(29-11-15-34(42)16-12-29)45(38)25-26-5-7-27(8-6-26)35(46)4-3-18-51-20-21-52-19-17-43/h5-16,22-24H,3-4,17-21,25,43H2,1-2H3. The number of nitrogens with two attached hydrogens (primary N) is 1. The van der Waals surface area contributed by atoms with Crippen LogP contribution in [0.1, 0.15) is 49.5 Å². The van der Waals surface area contributed by atoms with Crippen molar-refractivity contribution in [2.24, 2.45) is 5.73 Å². The number of ketones is 1. The Morgan fingerprint density at radius 1 is 0.673 bits per heavy atom. The molecule has 0 bridgehead atoms. The molecule has 0 radical (unpaired) electrons. The molecule has 0 saturated carbocycles. The van der Waals surface area contributed by atoms with E-state index in [1.165, 1.54) is 20.3 Å². The Labute approximate surface area is 312 Å². The molecule has 0 aliphatic heterocycles. The number of imidazole rings is 1. The summed E-state index contributed by atoms with van der Waals surface area (Å²) in [6, 6.07) is 26.9. The van der Waals surface area contributed by atoms with Gasteiger partial charge in [-0.15, -0.1) is 0 Å². The molecule has 270 valence electrons. The van der Waals surface area contributed by atoms with Gasteiger partial charge in [0.15, 0.2) is 5.78 Å². The molecule has 0 unspecified atom stereocenters. The number of carbonyl (C=O) groups is 3. The lowest BCUT2D eigenvalue weighted by molar-refractivity contribution is 0.0489. The summed E-state index contributed by atoms with van der Waals surface area (Å²) in [5.41, 5.74) is 10.7. The lowest BCUT2D eigenvalue weighted by Crippen LogP contribution is -2.12. The minimum Gasteiger partial charge on any atom is -0.465 e. The smallest absolute Gasteiger partial charge is 0.337 e. The quantitative estimate of drug-likeness (QED) is 0.0576. The van der Waals surface area contributed by atoms with Gasteiger partial charge in [0.2, 0.25) is 0 Å². The van der Waals surface area contributed by atoms with Gasteiger partial charge in [0.05, 0.1) is 56.6 Å². The largest absolute Gasteiger partial charge is 0.465 e. The molecule has 0 fully saturated rings. The second kappa shape index (κ2) is 18.6. The van der Waals surface area contributed by atoms with Gasteiger partial charge in [-0.25, -0.2) is 14.6 Å². The highest BCUT2D eigenvalue weighted by atomic mass is 35.5. The second-order valence-corrected chi connectivity index (χ2v) is 12.6. The number of ether oxygens (including phenoxy) is 4. The Bertz CT molecular complexity index is 1960. The van der Waals surface area contributed by atoms with Gasteiger partial charge in [-0.3, -0.25) is 4.79 Å². The number of nitrogens with zero attached hydrogens (tertiary/aromatic N) is 2. The van der Waals surface area contributed by atoms with Crippen LogP contribution in [0.15, 0.2) is 91.0 Å². The molecule has 0 aliphatic carbocycles. The van der Waals surface area contributed by atoms with Crippen LogP contribution in [0.3, 0.4) is 0 Å². The average Bonchev–Trinajstić information content (AvgIpc) is 3.54. The van der Waals surface area contributed by atoms with Crippen LogP contribution in [0.5, 0.6) is 0 Å². The fourth-order valence-electron chi connectivity index (χ4n) is 5.63. The Morgan fingerprint density at radius 2 is 1.23 bits per heavy atom. The Morgan fingerprint density at radius 3 is 1.79 bits per heavy atom. The number of aromatic nitrogens is 2. The molecule has 0 aliphatic rings. The molecule has 52 heavy (non-hydrogen) atoms. The first-order chi connectivity index (χ1) is 25.2. The zero-order valence-corrected chi connectivity index (χ0v) is 30.4. The number of rotatable bonds is 17. The fraction of sp³-hybridized carbons (Fsp3) is 0.250. The highest BCUT2D eigenvalue weighted by Gasteiger charge is 2.24. The van der Waals surface area contributed by atoms with Gasteiger partial charge in [0.1, 0.15) is 5.82 Å². The van der Waals surface area contributed by atoms with Crippen LogP contribution in [0.25, 0.3) is 33.9 Å². The molecule has 5 aromatic rings. The summed E-state index contributed by atoms with van der Waals surface area (Å²) in [6.07, 6.45) is 0.935. The Balaban J connectivity index is 1.55. The van der Waals surface area contributed by atoms with E-state index < -0.39 is 11.9 Å². The lowest BCUT2D eigenvalue weighted by atomic mass is 10.0. The fourth-order valence-corrected chi connectivity index (χ4v) is 5.88. The van der Waals surface area contributed by atoms with E-state index in [1.54, 1.807) is 36.4 Å². The molecule has 10 nitrogen and oxygen atoms in total. The number of esters is 2. The van der Waals surface area contributed by atoms with Crippen molar-refractivity contribution in [3.05, 3.63) is 123 Å². The van der Waals surface area contributed by atoms with Crippen molar-refractivity contribution in [3.8, 4) is 33.9 Å². The van der Waals surface area contributed by atoms with Crippen LogP contribution in [0, 0.1) is 0 Å². The topological polar surface area (TPSA) is 132 Å². The molecule has 0 atom stereocenters. The van der Waals surface area contributed by atoms with Crippen molar-refractivity contribution in [3.63, 3.8) is 0 Å². The molecule has 0 spiro atoms. The summed E-state index contributed by atoms with van der Waals surface area (Å²) in [5.74, 6) is -0.757. The maximum absolute atomic E-state index is 13.0. The van der Waals surface area contributed by atoms with Crippen LogP contribution in [-0.4, -0.2) is 74.5 Å². The van der Waals surface area contributed by atoms with E-state index in [2.05, 4.69) is 0 Å². The number of methoxy groups -OCH3 is 2. The average molecular weight is 745 g/mol. The van der Waals surface area contributed by atoms with E-state index in [4.69, 9.17) is 52.9 Å². The monoisotopic (exact) mass is 743 g/mol. The third-order valence-electron chi connectivity index (χ3n) is 8.18. The summed E-state index contributed by atoms with van der Waals surface area (Å²) in [5, 5.41) is 1.14. The predicted molar refractivity (Wildman–Crippen MR) is 201 cm³/mol. The van der Waals surface area contributed by atoms with Gasteiger partial charge in [0.25, 0.3) is 0 Å². The lowest BCUT2D eigenvalue weighted by Gasteiger charge is -2.15. The van der Waals surface area contributed by atoms with Gasteiger partial charge in [-0.05, 0) is 54.4 Å². The predicted octanol–water partition coefficient (Wildman–Crippen LogP) is 7.77. The third kappa shape index (κ3) is 9.73. The van der Waals surface area contributed by atoms with Crippen LogP contribution < -0.4 is 5.73 Å².